The lowest BCUT2D eigenvalue weighted by Gasteiger charge is -2.34. The summed E-state index contributed by atoms with van der Waals surface area (Å²) in [5.41, 5.74) is 0.208. The van der Waals surface area contributed by atoms with Crippen molar-refractivity contribution in [2.24, 2.45) is 0 Å². The summed E-state index contributed by atoms with van der Waals surface area (Å²) in [5, 5.41) is 10.5. The van der Waals surface area contributed by atoms with E-state index in [-0.39, 0.29) is 35.2 Å². The molecule has 0 saturated heterocycles. The first kappa shape index (κ1) is 20.4. The van der Waals surface area contributed by atoms with Crippen LogP contribution in [0, 0.1) is 0 Å². The average Bonchev–Trinajstić information content (AvgIpc) is 2.76. The standard InChI is InChI=1S/C22H20O9/c1-11(23)28-10-18-20(12-4-6-14(24)16(8-12)27-3)31-22-17(29-18)9-15(26-2)13-5-7-19(25)30-21(13)22/h4-9,18,20,24H,10H2,1-3H3/t18-,20-/m1/s1. The maximum absolute atomic E-state index is 11.9. The number of hydrogen-bond donors (Lipinski definition) is 1. The minimum atomic E-state index is -0.761. The molecule has 9 nitrogen and oxygen atoms in total. The van der Waals surface area contributed by atoms with E-state index in [1.54, 1.807) is 24.3 Å². The molecule has 3 aromatic rings. The predicted octanol–water partition coefficient (Wildman–Crippen LogP) is 2.96. The van der Waals surface area contributed by atoms with E-state index in [2.05, 4.69) is 0 Å². The first-order chi connectivity index (χ1) is 14.9. The second-order valence-corrected chi connectivity index (χ2v) is 6.83. The number of phenolic OH excluding ortho intramolecular Hbond substituents is 1. The molecule has 0 spiro atoms. The van der Waals surface area contributed by atoms with Crippen LogP contribution in [0.2, 0.25) is 0 Å². The molecule has 2 heterocycles. The van der Waals surface area contributed by atoms with Crippen LogP contribution in [0.4, 0.5) is 0 Å². The zero-order valence-electron chi connectivity index (χ0n) is 17.0. The van der Waals surface area contributed by atoms with Crippen molar-refractivity contribution in [2.75, 3.05) is 20.8 Å². The van der Waals surface area contributed by atoms with Crippen molar-refractivity contribution in [3.63, 3.8) is 0 Å². The van der Waals surface area contributed by atoms with E-state index in [1.807, 2.05) is 0 Å². The fourth-order valence-electron chi connectivity index (χ4n) is 3.42. The Morgan fingerprint density at radius 3 is 2.55 bits per heavy atom. The molecule has 4 rings (SSSR count). The number of benzene rings is 2. The first-order valence-corrected chi connectivity index (χ1v) is 9.39. The Kier molecular flexibility index (Phi) is 5.33. The minimum Gasteiger partial charge on any atom is -0.504 e. The van der Waals surface area contributed by atoms with Crippen molar-refractivity contribution in [1.82, 2.24) is 0 Å². The Labute approximate surface area is 176 Å². The number of esters is 1. The summed E-state index contributed by atoms with van der Waals surface area (Å²) in [4.78, 5) is 23.3. The van der Waals surface area contributed by atoms with Crippen molar-refractivity contribution in [3.8, 4) is 28.7 Å². The number of hydrogen-bond acceptors (Lipinski definition) is 9. The van der Waals surface area contributed by atoms with E-state index in [4.69, 9.17) is 28.1 Å². The van der Waals surface area contributed by atoms with Gasteiger partial charge in [-0.1, -0.05) is 6.07 Å². The van der Waals surface area contributed by atoms with Crippen molar-refractivity contribution in [2.45, 2.75) is 19.1 Å². The Bertz CT molecular complexity index is 1200. The van der Waals surface area contributed by atoms with Gasteiger partial charge in [0, 0.05) is 24.6 Å². The smallest absolute Gasteiger partial charge is 0.336 e. The fraction of sp³-hybridized carbons (Fsp3) is 0.273. The minimum absolute atomic E-state index is 0.0407. The highest BCUT2D eigenvalue weighted by atomic mass is 16.6. The van der Waals surface area contributed by atoms with Gasteiger partial charge < -0.3 is 33.2 Å². The summed E-state index contributed by atoms with van der Waals surface area (Å²) < 4.78 is 33.5. The Hall–Kier alpha value is -3.88. The van der Waals surface area contributed by atoms with Crippen molar-refractivity contribution in [3.05, 3.63) is 52.4 Å². The van der Waals surface area contributed by atoms with Crippen LogP contribution in [0.5, 0.6) is 28.7 Å². The molecule has 0 radical (unpaired) electrons. The van der Waals surface area contributed by atoms with E-state index in [0.29, 0.717) is 16.7 Å². The highest BCUT2D eigenvalue weighted by molar-refractivity contribution is 5.91. The molecule has 1 aliphatic rings. The third-order valence-electron chi connectivity index (χ3n) is 4.85. The summed E-state index contributed by atoms with van der Waals surface area (Å²) in [5.74, 6) is 0.642. The molecular weight excluding hydrogens is 408 g/mol. The Morgan fingerprint density at radius 1 is 1.06 bits per heavy atom. The van der Waals surface area contributed by atoms with Gasteiger partial charge in [-0.15, -0.1) is 0 Å². The molecule has 2 atom stereocenters. The van der Waals surface area contributed by atoms with E-state index in [9.17, 15) is 14.7 Å². The maximum Gasteiger partial charge on any atom is 0.336 e. The number of methoxy groups -OCH3 is 2. The van der Waals surface area contributed by atoms with Gasteiger partial charge in [0.1, 0.15) is 12.4 Å². The predicted molar refractivity (Wildman–Crippen MR) is 108 cm³/mol. The molecule has 0 bridgehead atoms. The highest BCUT2D eigenvalue weighted by Gasteiger charge is 2.37. The molecular formula is C22H20O9. The van der Waals surface area contributed by atoms with E-state index in [0.717, 1.165) is 0 Å². The molecule has 9 heteroatoms. The lowest BCUT2D eigenvalue weighted by atomic mass is 10.0. The SMILES string of the molecule is COc1cc([C@H]2Oc3c(cc(OC)c4ccc(=O)oc34)O[C@@H]2COC(C)=O)ccc1O. The topological polar surface area (TPSA) is 114 Å². The van der Waals surface area contributed by atoms with E-state index in [1.165, 1.54) is 33.3 Å². The first-order valence-electron chi connectivity index (χ1n) is 9.39. The van der Waals surface area contributed by atoms with Crippen molar-refractivity contribution >= 4 is 16.9 Å². The quantitative estimate of drug-likeness (QED) is 0.484. The normalized spacial score (nSPS) is 17.3. The molecule has 0 unspecified atom stereocenters. The number of ether oxygens (including phenoxy) is 5. The number of carbonyl (C=O) groups excluding carboxylic acids is 1. The van der Waals surface area contributed by atoms with Gasteiger partial charge in [-0.3, -0.25) is 4.79 Å². The molecule has 162 valence electrons. The summed E-state index contributed by atoms with van der Waals surface area (Å²) in [6.07, 6.45) is -1.49. The Balaban J connectivity index is 1.85. The summed E-state index contributed by atoms with van der Waals surface area (Å²) in [6, 6.07) is 9.17. The van der Waals surface area contributed by atoms with Crippen LogP contribution in [0.25, 0.3) is 11.0 Å². The molecule has 31 heavy (non-hydrogen) atoms. The zero-order valence-corrected chi connectivity index (χ0v) is 17.0. The lowest BCUT2D eigenvalue weighted by molar-refractivity contribution is -0.145. The van der Waals surface area contributed by atoms with Gasteiger partial charge in [0.05, 0.1) is 19.6 Å². The van der Waals surface area contributed by atoms with Gasteiger partial charge in [-0.2, -0.15) is 0 Å². The molecule has 1 aliphatic heterocycles. The summed E-state index contributed by atoms with van der Waals surface area (Å²) >= 11 is 0. The summed E-state index contributed by atoms with van der Waals surface area (Å²) in [7, 11) is 2.91. The van der Waals surface area contributed by atoms with Crippen LogP contribution in [-0.2, 0) is 9.53 Å². The largest absolute Gasteiger partial charge is 0.504 e. The van der Waals surface area contributed by atoms with Gasteiger partial charge in [0.15, 0.2) is 35.0 Å². The van der Waals surface area contributed by atoms with Crippen molar-refractivity contribution in [1.29, 1.82) is 0 Å². The van der Waals surface area contributed by atoms with Crippen LogP contribution >= 0.6 is 0 Å². The second-order valence-electron chi connectivity index (χ2n) is 6.83. The van der Waals surface area contributed by atoms with Crippen LogP contribution in [0.1, 0.15) is 18.6 Å². The average molecular weight is 428 g/mol. The number of carbonyl (C=O) groups is 1. The van der Waals surface area contributed by atoms with E-state index >= 15 is 0 Å². The third-order valence-corrected chi connectivity index (χ3v) is 4.85. The number of phenols is 1. The van der Waals surface area contributed by atoms with Crippen LogP contribution < -0.4 is 24.6 Å². The third kappa shape index (κ3) is 3.81. The van der Waals surface area contributed by atoms with Crippen LogP contribution in [-0.4, -0.2) is 38.0 Å². The second kappa shape index (κ2) is 8.10. The van der Waals surface area contributed by atoms with Crippen molar-refractivity contribution < 1.29 is 38.0 Å². The van der Waals surface area contributed by atoms with Gasteiger partial charge in [-0.25, -0.2) is 4.79 Å². The number of rotatable bonds is 5. The van der Waals surface area contributed by atoms with Crippen LogP contribution in [0.15, 0.2) is 45.6 Å². The molecule has 0 amide bonds. The number of aromatic hydroxyl groups is 1. The molecule has 1 aromatic heterocycles. The van der Waals surface area contributed by atoms with Gasteiger partial charge in [-0.05, 0) is 18.2 Å². The zero-order chi connectivity index (χ0) is 22.1. The number of fused-ring (bicyclic) bond motifs is 3. The molecule has 1 N–H and O–H groups in total. The molecule has 0 aliphatic carbocycles. The monoisotopic (exact) mass is 428 g/mol. The Morgan fingerprint density at radius 2 is 1.84 bits per heavy atom. The molecule has 0 saturated carbocycles. The maximum atomic E-state index is 11.9. The fourth-order valence-corrected chi connectivity index (χ4v) is 3.42. The van der Waals surface area contributed by atoms with Gasteiger partial charge >= 0.3 is 11.6 Å². The van der Waals surface area contributed by atoms with Gasteiger partial charge in [0.2, 0.25) is 5.75 Å². The van der Waals surface area contributed by atoms with E-state index < -0.39 is 23.8 Å². The molecule has 2 aromatic carbocycles. The van der Waals surface area contributed by atoms with Gasteiger partial charge in [0.25, 0.3) is 0 Å². The van der Waals surface area contributed by atoms with Crippen LogP contribution in [0.3, 0.4) is 0 Å². The summed E-state index contributed by atoms with van der Waals surface area (Å²) in [6.45, 7) is 1.20. The molecule has 0 fully saturated rings. The lowest BCUT2D eigenvalue weighted by Crippen LogP contribution is -2.37. The highest BCUT2D eigenvalue weighted by Crippen LogP contribution is 2.47.